The standard InChI is InChI=1S/C33H35N5O2/c1-6-37(7-2)26-19-17-25(18-20-26)35-33(34-24(5)39)31(36-38(32(33)40)27-13-9-8-10-14-27)30-23(4)21-22(3)28-15-11-12-16-29(28)30/h8-21,35H,6-7H2,1-5H3,(H,34,39). The first kappa shape index (κ1) is 26.9. The number of anilines is 3. The van der Waals surface area contributed by atoms with Gasteiger partial charge in [0.05, 0.1) is 5.69 Å². The Morgan fingerprint density at radius 3 is 2.12 bits per heavy atom. The Morgan fingerprint density at radius 1 is 0.875 bits per heavy atom. The highest BCUT2D eigenvalue weighted by Crippen LogP contribution is 2.36. The van der Waals surface area contributed by atoms with Crippen LogP contribution in [-0.4, -0.2) is 36.3 Å². The summed E-state index contributed by atoms with van der Waals surface area (Å²) >= 11 is 0. The van der Waals surface area contributed by atoms with Crippen molar-refractivity contribution in [2.45, 2.75) is 40.3 Å². The normalized spacial score (nSPS) is 16.7. The molecule has 40 heavy (non-hydrogen) atoms. The SMILES string of the molecule is CCN(CC)c1ccc(NC2(NC(C)=O)C(=O)N(c3ccccc3)N=C2c2c(C)cc(C)c3ccccc23)cc1. The zero-order chi connectivity index (χ0) is 28.4. The molecule has 0 spiro atoms. The molecule has 204 valence electrons. The van der Waals surface area contributed by atoms with E-state index in [-0.39, 0.29) is 11.8 Å². The van der Waals surface area contributed by atoms with Gasteiger partial charge in [-0.15, -0.1) is 0 Å². The Morgan fingerprint density at radius 2 is 1.50 bits per heavy atom. The Bertz CT molecular complexity index is 1590. The van der Waals surface area contributed by atoms with Crippen LogP contribution in [0.15, 0.2) is 90.0 Å². The summed E-state index contributed by atoms with van der Waals surface area (Å²) in [7, 11) is 0. The van der Waals surface area contributed by atoms with E-state index in [1.807, 2.05) is 79.7 Å². The number of aryl methyl sites for hydroxylation is 2. The fourth-order valence-corrected chi connectivity index (χ4v) is 5.59. The molecule has 0 aliphatic carbocycles. The number of nitrogens with zero attached hydrogens (tertiary/aromatic N) is 3. The molecule has 2 N–H and O–H groups in total. The lowest BCUT2D eigenvalue weighted by molar-refractivity contribution is -0.127. The molecule has 7 heteroatoms. The average Bonchev–Trinajstić information content (AvgIpc) is 3.21. The van der Waals surface area contributed by atoms with Gasteiger partial charge < -0.3 is 15.5 Å². The molecule has 0 bridgehead atoms. The predicted octanol–water partition coefficient (Wildman–Crippen LogP) is 6.00. The van der Waals surface area contributed by atoms with E-state index in [1.54, 1.807) is 0 Å². The van der Waals surface area contributed by atoms with E-state index in [0.717, 1.165) is 46.2 Å². The average molecular weight is 534 g/mol. The first-order chi connectivity index (χ1) is 19.3. The number of benzene rings is 4. The molecule has 5 rings (SSSR count). The topological polar surface area (TPSA) is 77.0 Å². The molecule has 1 aliphatic rings. The van der Waals surface area contributed by atoms with Crippen LogP contribution in [0.2, 0.25) is 0 Å². The van der Waals surface area contributed by atoms with Gasteiger partial charge in [0, 0.05) is 37.0 Å². The van der Waals surface area contributed by atoms with E-state index in [9.17, 15) is 9.59 Å². The van der Waals surface area contributed by atoms with E-state index >= 15 is 0 Å². The number of hydrogen-bond acceptors (Lipinski definition) is 5. The van der Waals surface area contributed by atoms with Crippen LogP contribution >= 0.6 is 0 Å². The van der Waals surface area contributed by atoms with Crippen molar-refractivity contribution in [3.8, 4) is 0 Å². The van der Waals surface area contributed by atoms with E-state index in [0.29, 0.717) is 17.1 Å². The highest BCUT2D eigenvalue weighted by Gasteiger charge is 2.54. The molecule has 0 radical (unpaired) electrons. The van der Waals surface area contributed by atoms with Gasteiger partial charge in [0.25, 0.3) is 0 Å². The molecule has 1 unspecified atom stereocenters. The van der Waals surface area contributed by atoms with Crippen LogP contribution in [0.5, 0.6) is 0 Å². The highest BCUT2D eigenvalue weighted by molar-refractivity contribution is 6.33. The number of amides is 2. The Balaban J connectivity index is 1.73. The van der Waals surface area contributed by atoms with Crippen molar-refractivity contribution in [1.82, 2.24) is 5.32 Å². The number of fused-ring (bicyclic) bond motifs is 1. The Kier molecular flexibility index (Phi) is 7.30. The second kappa shape index (κ2) is 10.8. The van der Waals surface area contributed by atoms with Crippen molar-refractivity contribution in [2.24, 2.45) is 5.10 Å². The summed E-state index contributed by atoms with van der Waals surface area (Å²) in [5.74, 6) is -0.738. The summed E-state index contributed by atoms with van der Waals surface area (Å²) in [5.41, 5.74) is 4.10. The molecule has 0 aromatic heterocycles. The molecule has 1 heterocycles. The molecule has 2 amide bonds. The third-order valence-electron chi connectivity index (χ3n) is 7.45. The second-order valence-electron chi connectivity index (χ2n) is 10.1. The molecule has 0 saturated carbocycles. The molecule has 0 fully saturated rings. The minimum Gasteiger partial charge on any atom is -0.372 e. The Hall–Kier alpha value is -4.65. The molecule has 4 aromatic carbocycles. The van der Waals surface area contributed by atoms with Gasteiger partial charge in [0.2, 0.25) is 11.6 Å². The predicted molar refractivity (Wildman–Crippen MR) is 164 cm³/mol. The summed E-state index contributed by atoms with van der Waals surface area (Å²) in [6, 6.07) is 27.4. The number of carbonyl (C=O) groups excluding carboxylic acids is 2. The third-order valence-corrected chi connectivity index (χ3v) is 7.45. The number of rotatable bonds is 8. The van der Waals surface area contributed by atoms with Gasteiger partial charge in [-0.05, 0) is 86.0 Å². The number of hydrazone groups is 1. The molecular weight excluding hydrogens is 498 g/mol. The number of carbonyl (C=O) groups is 2. The van der Waals surface area contributed by atoms with E-state index in [4.69, 9.17) is 5.10 Å². The van der Waals surface area contributed by atoms with E-state index in [2.05, 4.69) is 48.4 Å². The van der Waals surface area contributed by atoms with E-state index < -0.39 is 5.66 Å². The van der Waals surface area contributed by atoms with E-state index in [1.165, 1.54) is 11.9 Å². The van der Waals surface area contributed by atoms with Crippen molar-refractivity contribution in [2.75, 3.05) is 28.3 Å². The number of nitrogens with one attached hydrogen (secondary N) is 2. The van der Waals surface area contributed by atoms with Crippen molar-refractivity contribution in [3.05, 3.63) is 102 Å². The fourth-order valence-electron chi connectivity index (χ4n) is 5.59. The smallest absolute Gasteiger partial charge is 0.300 e. The molecule has 4 aromatic rings. The summed E-state index contributed by atoms with van der Waals surface area (Å²) in [6.45, 7) is 11.5. The zero-order valence-electron chi connectivity index (χ0n) is 23.7. The lowest BCUT2D eigenvalue weighted by atomic mass is 9.87. The highest BCUT2D eigenvalue weighted by atomic mass is 16.2. The van der Waals surface area contributed by atoms with Gasteiger partial charge in [-0.1, -0.05) is 48.5 Å². The van der Waals surface area contributed by atoms with Crippen LogP contribution in [0.4, 0.5) is 17.1 Å². The van der Waals surface area contributed by atoms with Crippen LogP contribution in [0.1, 0.15) is 37.5 Å². The molecule has 0 saturated heterocycles. The maximum Gasteiger partial charge on any atom is 0.300 e. The van der Waals surface area contributed by atoms with Crippen molar-refractivity contribution < 1.29 is 9.59 Å². The first-order valence-corrected chi connectivity index (χ1v) is 13.7. The van der Waals surface area contributed by atoms with Crippen molar-refractivity contribution >= 4 is 45.4 Å². The van der Waals surface area contributed by atoms with Gasteiger partial charge >= 0.3 is 5.91 Å². The van der Waals surface area contributed by atoms with Crippen LogP contribution < -0.4 is 20.5 Å². The van der Waals surface area contributed by atoms with Gasteiger partial charge in [-0.25, -0.2) is 0 Å². The maximum atomic E-state index is 14.5. The van der Waals surface area contributed by atoms with Gasteiger partial charge in [-0.2, -0.15) is 10.1 Å². The minimum absolute atomic E-state index is 0.350. The molecule has 1 atom stereocenters. The number of para-hydroxylation sites is 1. The fraction of sp³-hybridized carbons (Fsp3) is 0.242. The molecule has 1 aliphatic heterocycles. The van der Waals surface area contributed by atoms with Crippen molar-refractivity contribution in [3.63, 3.8) is 0 Å². The van der Waals surface area contributed by atoms with Gasteiger partial charge in [-0.3, -0.25) is 9.59 Å². The first-order valence-electron chi connectivity index (χ1n) is 13.7. The maximum absolute atomic E-state index is 14.5. The minimum atomic E-state index is -1.64. The molecular formula is C33H35N5O2. The lowest BCUT2D eigenvalue weighted by Crippen LogP contribution is -2.64. The number of hydrogen-bond donors (Lipinski definition) is 2. The van der Waals surface area contributed by atoms with Gasteiger partial charge in [0.15, 0.2) is 0 Å². The lowest BCUT2D eigenvalue weighted by Gasteiger charge is -2.33. The summed E-state index contributed by atoms with van der Waals surface area (Å²) < 4.78 is 0. The van der Waals surface area contributed by atoms with Crippen LogP contribution in [-0.2, 0) is 9.59 Å². The Labute approximate surface area is 235 Å². The summed E-state index contributed by atoms with van der Waals surface area (Å²) in [5, 5.41) is 14.8. The second-order valence-corrected chi connectivity index (χ2v) is 10.1. The van der Waals surface area contributed by atoms with Crippen molar-refractivity contribution in [1.29, 1.82) is 0 Å². The quantitative estimate of drug-likeness (QED) is 0.273. The third kappa shape index (κ3) is 4.68. The summed E-state index contributed by atoms with van der Waals surface area (Å²) in [4.78, 5) is 29.5. The zero-order valence-corrected chi connectivity index (χ0v) is 23.7. The van der Waals surface area contributed by atoms with Gasteiger partial charge in [0.1, 0.15) is 5.71 Å². The monoisotopic (exact) mass is 533 g/mol. The summed E-state index contributed by atoms with van der Waals surface area (Å²) in [6.07, 6.45) is 0. The largest absolute Gasteiger partial charge is 0.372 e. The molecule has 7 nitrogen and oxygen atoms in total. The van der Waals surface area contributed by atoms with Crippen LogP contribution in [0.25, 0.3) is 10.8 Å². The van der Waals surface area contributed by atoms with Crippen LogP contribution in [0.3, 0.4) is 0 Å². The van der Waals surface area contributed by atoms with Crippen LogP contribution in [0, 0.1) is 13.8 Å².